The lowest BCUT2D eigenvalue weighted by molar-refractivity contribution is 0.238. The summed E-state index contributed by atoms with van der Waals surface area (Å²) in [7, 11) is 0. The first kappa shape index (κ1) is 14.8. The van der Waals surface area contributed by atoms with Crippen LogP contribution >= 0.6 is 0 Å². The third kappa shape index (κ3) is 4.21. The number of amides is 2. The molecular formula is C16H20N4O. The molecule has 0 spiro atoms. The number of aromatic nitrogens is 2. The van der Waals surface area contributed by atoms with Crippen LogP contribution in [0.3, 0.4) is 0 Å². The van der Waals surface area contributed by atoms with Crippen LogP contribution in [0.4, 0.5) is 4.79 Å². The van der Waals surface area contributed by atoms with Crippen LogP contribution in [0.2, 0.25) is 0 Å². The van der Waals surface area contributed by atoms with Gasteiger partial charge >= 0.3 is 6.03 Å². The molecule has 0 saturated carbocycles. The van der Waals surface area contributed by atoms with Gasteiger partial charge in [-0.1, -0.05) is 24.3 Å². The lowest BCUT2D eigenvalue weighted by Gasteiger charge is -2.16. The molecule has 5 nitrogen and oxygen atoms in total. The van der Waals surface area contributed by atoms with E-state index in [1.807, 2.05) is 50.4 Å². The molecular weight excluding hydrogens is 264 g/mol. The fraction of sp³-hybridized carbons (Fsp3) is 0.250. The van der Waals surface area contributed by atoms with Crippen molar-refractivity contribution < 1.29 is 4.79 Å². The van der Waals surface area contributed by atoms with Crippen molar-refractivity contribution in [2.24, 2.45) is 0 Å². The quantitative estimate of drug-likeness (QED) is 0.829. The zero-order valence-corrected chi connectivity index (χ0v) is 12.3. The highest BCUT2D eigenvalue weighted by Gasteiger charge is 2.10. The average Bonchev–Trinajstić information content (AvgIpc) is 2.99. The number of benzene rings is 1. The number of rotatable bonds is 5. The highest BCUT2D eigenvalue weighted by atomic mass is 16.2. The van der Waals surface area contributed by atoms with Gasteiger partial charge in [-0.3, -0.25) is 0 Å². The van der Waals surface area contributed by atoms with E-state index in [2.05, 4.69) is 22.3 Å². The summed E-state index contributed by atoms with van der Waals surface area (Å²) in [4.78, 5) is 11.8. The van der Waals surface area contributed by atoms with Gasteiger partial charge in [0.1, 0.15) is 0 Å². The Morgan fingerprint density at radius 3 is 2.90 bits per heavy atom. The number of nitrogens with zero attached hydrogens (tertiary/aromatic N) is 2. The van der Waals surface area contributed by atoms with Gasteiger partial charge in [-0.25, -0.2) is 9.48 Å². The highest BCUT2D eigenvalue weighted by Crippen LogP contribution is 2.16. The number of nitrogens with one attached hydrogen (secondary N) is 2. The lowest BCUT2D eigenvalue weighted by Crippen LogP contribution is -2.37. The van der Waals surface area contributed by atoms with Gasteiger partial charge in [-0.05, 0) is 37.6 Å². The SMILES string of the molecule is C=C(C)CNC(=O)N[C@@H](C)c1cccc(-n2cccn2)c1. The summed E-state index contributed by atoms with van der Waals surface area (Å²) in [5.74, 6) is 0. The smallest absolute Gasteiger partial charge is 0.315 e. The molecule has 0 aliphatic carbocycles. The van der Waals surface area contributed by atoms with Crippen LogP contribution < -0.4 is 10.6 Å². The molecule has 110 valence electrons. The predicted octanol–water partition coefficient (Wildman–Crippen LogP) is 2.81. The van der Waals surface area contributed by atoms with Crippen molar-refractivity contribution in [1.29, 1.82) is 0 Å². The zero-order valence-electron chi connectivity index (χ0n) is 12.3. The largest absolute Gasteiger partial charge is 0.334 e. The van der Waals surface area contributed by atoms with Crippen molar-refractivity contribution in [2.75, 3.05) is 6.54 Å². The Morgan fingerprint density at radius 2 is 2.24 bits per heavy atom. The molecule has 0 unspecified atom stereocenters. The molecule has 0 saturated heterocycles. The lowest BCUT2D eigenvalue weighted by atomic mass is 10.1. The van der Waals surface area contributed by atoms with Crippen LogP contribution in [0, 0.1) is 0 Å². The van der Waals surface area contributed by atoms with E-state index >= 15 is 0 Å². The first-order chi connectivity index (χ1) is 10.1. The Balaban J connectivity index is 2.02. The molecule has 2 N–H and O–H groups in total. The fourth-order valence-electron chi connectivity index (χ4n) is 1.92. The molecule has 5 heteroatoms. The summed E-state index contributed by atoms with van der Waals surface area (Å²) in [5, 5.41) is 9.86. The van der Waals surface area contributed by atoms with Crippen LogP contribution in [-0.2, 0) is 0 Å². The maximum atomic E-state index is 11.8. The zero-order chi connectivity index (χ0) is 15.2. The van der Waals surface area contributed by atoms with Crippen LogP contribution in [-0.4, -0.2) is 22.4 Å². The Morgan fingerprint density at radius 1 is 1.43 bits per heavy atom. The van der Waals surface area contributed by atoms with E-state index in [-0.39, 0.29) is 12.1 Å². The number of carbonyl (C=O) groups is 1. The van der Waals surface area contributed by atoms with Gasteiger partial charge < -0.3 is 10.6 Å². The highest BCUT2D eigenvalue weighted by molar-refractivity contribution is 5.74. The molecule has 0 fully saturated rings. The van der Waals surface area contributed by atoms with E-state index in [1.165, 1.54) is 0 Å². The van der Waals surface area contributed by atoms with Crippen LogP contribution in [0.1, 0.15) is 25.5 Å². The molecule has 1 heterocycles. The topological polar surface area (TPSA) is 59.0 Å². The van der Waals surface area contributed by atoms with Gasteiger partial charge in [0.2, 0.25) is 0 Å². The molecule has 2 aromatic rings. The van der Waals surface area contributed by atoms with Crippen LogP contribution in [0.5, 0.6) is 0 Å². The third-order valence-corrected chi connectivity index (χ3v) is 3.04. The Labute approximate surface area is 124 Å². The van der Waals surface area contributed by atoms with Crippen molar-refractivity contribution in [1.82, 2.24) is 20.4 Å². The fourth-order valence-corrected chi connectivity index (χ4v) is 1.92. The summed E-state index contributed by atoms with van der Waals surface area (Å²) in [6.45, 7) is 8.05. The molecule has 0 radical (unpaired) electrons. The average molecular weight is 284 g/mol. The number of urea groups is 1. The summed E-state index contributed by atoms with van der Waals surface area (Å²) in [6.07, 6.45) is 3.62. The third-order valence-electron chi connectivity index (χ3n) is 3.04. The second-order valence-corrected chi connectivity index (χ2v) is 5.05. The van der Waals surface area contributed by atoms with Crippen molar-refractivity contribution in [2.45, 2.75) is 19.9 Å². The van der Waals surface area contributed by atoms with E-state index in [0.29, 0.717) is 6.54 Å². The first-order valence-corrected chi connectivity index (χ1v) is 6.85. The molecule has 2 amide bonds. The minimum atomic E-state index is -0.199. The normalized spacial score (nSPS) is 11.7. The van der Waals surface area contributed by atoms with E-state index in [9.17, 15) is 4.79 Å². The van der Waals surface area contributed by atoms with Crippen molar-refractivity contribution in [3.05, 3.63) is 60.4 Å². The molecule has 1 atom stereocenters. The Bertz CT molecular complexity index is 619. The van der Waals surface area contributed by atoms with Gasteiger partial charge in [0, 0.05) is 18.9 Å². The summed E-state index contributed by atoms with van der Waals surface area (Å²) < 4.78 is 1.79. The van der Waals surface area contributed by atoms with E-state index < -0.39 is 0 Å². The summed E-state index contributed by atoms with van der Waals surface area (Å²) >= 11 is 0. The van der Waals surface area contributed by atoms with Crippen LogP contribution in [0.25, 0.3) is 5.69 Å². The monoisotopic (exact) mass is 284 g/mol. The number of hydrogen-bond donors (Lipinski definition) is 2. The first-order valence-electron chi connectivity index (χ1n) is 6.85. The van der Waals surface area contributed by atoms with Crippen molar-refractivity contribution in [3.63, 3.8) is 0 Å². The van der Waals surface area contributed by atoms with Crippen molar-refractivity contribution >= 4 is 6.03 Å². The van der Waals surface area contributed by atoms with Crippen molar-refractivity contribution in [3.8, 4) is 5.69 Å². The maximum Gasteiger partial charge on any atom is 0.315 e. The minimum Gasteiger partial charge on any atom is -0.334 e. The van der Waals surface area contributed by atoms with E-state index in [4.69, 9.17) is 0 Å². The number of hydrogen-bond acceptors (Lipinski definition) is 2. The summed E-state index contributed by atoms with van der Waals surface area (Å²) in [5.41, 5.74) is 2.90. The molecule has 0 aliphatic rings. The standard InChI is InChI=1S/C16H20N4O/c1-12(2)11-17-16(21)19-13(3)14-6-4-7-15(10-14)20-9-5-8-18-20/h4-10,13H,1,11H2,2-3H3,(H2,17,19,21)/t13-/m0/s1. The van der Waals surface area contributed by atoms with E-state index in [0.717, 1.165) is 16.8 Å². The van der Waals surface area contributed by atoms with Gasteiger partial charge in [-0.15, -0.1) is 0 Å². The molecule has 21 heavy (non-hydrogen) atoms. The van der Waals surface area contributed by atoms with Gasteiger partial charge in [0.25, 0.3) is 0 Å². The maximum absolute atomic E-state index is 11.8. The van der Waals surface area contributed by atoms with Gasteiger partial charge in [-0.2, -0.15) is 5.10 Å². The second kappa shape index (κ2) is 6.74. The van der Waals surface area contributed by atoms with Crippen LogP contribution in [0.15, 0.2) is 54.9 Å². The predicted molar refractivity (Wildman–Crippen MR) is 83.3 cm³/mol. The second-order valence-electron chi connectivity index (χ2n) is 5.05. The Hall–Kier alpha value is -2.56. The molecule has 1 aromatic carbocycles. The number of carbonyl (C=O) groups excluding carboxylic acids is 1. The Kier molecular flexibility index (Phi) is 4.77. The summed E-state index contributed by atoms with van der Waals surface area (Å²) in [6, 6.07) is 9.51. The molecule has 0 bridgehead atoms. The minimum absolute atomic E-state index is 0.0920. The molecule has 0 aliphatic heterocycles. The van der Waals surface area contributed by atoms with Gasteiger partial charge in [0.15, 0.2) is 0 Å². The molecule has 1 aromatic heterocycles. The van der Waals surface area contributed by atoms with E-state index in [1.54, 1.807) is 10.9 Å². The van der Waals surface area contributed by atoms with Gasteiger partial charge in [0.05, 0.1) is 11.7 Å². The molecule has 2 rings (SSSR count).